The van der Waals surface area contributed by atoms with Gasteiger partial charge >= 0.3 is 5.97 Å². The van der Waals surface area contributed by atoms with Crippen LogP contribution in [0.25, 0.3) is 0 Å². The summed E-state index contributed by atoms with van der Waals surface area (Å²) in [6.45, 7) is 2.93. The quantitative estimate of drug-likeness (QED) is 0.662. The molecular weight excluding hydrogens is 212 g/mol. The zero-order chi connectivity index (χ0) is 11.6. The van der Waals surface area contributed by atoms with Crippen molar-refractivity contribution in [3.63, 3.8) is 0 Å². The highest BCUT2D eigenvalue weighted by molar-refractivity contribution is 5.79. The third kappa shape index (κ3) is 2.52. The normalized spacial score (nSPS) is 36.4. The fraction of sp³-hybridized carbons (Fsp3) is 0.900. The third-order valence-corrected chi connectivity index (χ3v) is 3.24. The summed E-state index contributed by atoms with van der Waals surface area (Å²) in [5, 5.41) is 8.99. The van der Waals surface area contributed by atoms with Crippen molar-refractivity contribution in [2.75, 3.05) is 33.0 Å². The van der Waals surface area contributed by atoms with Gasteiger partial charge in [-0.3, -0.25) is 9.69 Å². The fourth-order valence-corrected chi connectivity index (χ4v) is 2.18. The lowest BCUT2D eigenvalue weighted by Gasteiger charge is -2.27. The second-order valence-electron chi connectivity index (χ2n) is 4.55. The van der Waals surface area contributed by atoms with E-state index in [1.54, 1.807) is 0 Å². The first-order valence-corrected chi connectivity index (χ1v) is 5.54. The number of carboxylic acids is 1. The molecule has 2 fully saturated rings. The van der Waals surface area contributed by atoms with Crippen LogP contribution in [0.3, 0.4) is 0 Å². The summed E-state index contributed by atoms with van der Waals surface area (Å²) in [5.41, 5.74) is 4.71. The number of carboxylic acid groups (broad SMARTS) is 1. The Bertz CT molecular complexity index is 268. The average Bonchev–Trinajstić information content (AvgIpc) is 2.63. The maximum absolute atomic E-state index is 11.0. The van der Waals surface area contributed by atoms with Gasteiger partial charge in [-0.2, -0.15) is 0 Å². The topological polar surface area (TPSA) is 85.0 Å². The Balaban J connectivity index is 1.82. The Kier molecular flexibility index (Phi) is 3.44. The van der Waals surface area contributed by atoms with Gasteiger partial charge in [0, 0.05) is 19.6 Å². The molecule has 2 aliphatic heterocycles. The number of hydrogen-bond acceptors (Lipinski definition) is 5. The Morgan fingerprint density at radius 2 is 2.44 bits per heavy atom. The van der Waals surface area contributed by atoms with E-state index in [1.165, 1.54) is 0 Å². The average molecular weight is 230 g/mol. The smallest absolute Gasteiger partial charge is 0.325 e. The molecule has 0 spiro atoms. The standard InChI is InChI=1S/C10H18N2O4/c11-10(9(13)14)2-3-12(6-10)5-8-1-4-15-7-16-8/h8H,1-7,11H2,(H,13,14). The molecule has 2 unspecified atom stereocenters. The second-order valence-corrected chi connectivity index (χ2v) is 4.55. The molecule has 6 nitrogen and oxygen atoms in total. The first kappa shape index (κ1) is 11.8. The summed E-state index contributed by atoms with van der Waals surface area (Å²) in [6.07, 6.45) is 1.51. The van der Waals surface area contributed by atoms with Gasteiger partial charge in [0.25, 0.3) is 0 Å². The molecular formula is C10H18N2O4. The van der Waals surface area contributed by atoms with E-state index in [0.717, 1.165) is 19.5 Å². The molecule has 0 radical (unpaired) electrons. The van der Waals surface area contributed by atoms with Gasteiger partial charge in [0.05, 0.1) is 12.7 Å². The Labute approximate surface area is 94.3 Å². The predicted molar refractivity (Wildman–Crippen MR) is 55.9 cm³/mol. The van der Waals surface area contributed by atoms with Gasteiger partial charge in [-0.05, 0) is 12.8 Å². The summed E-state index contributed by atoms with van der Waals surface area (Å²) in [6, 6.07) is 0. The molecule has 2 heterocycles. The van der Waals surface area contributed by atoms with Crippen molar-refractivity contribution in [3.05, 3.63) is 0 Å². The lowest BCUT2D eigenvalue weighted by atomic mass is 10.0. The molecule has 6 heteroatoms. The van der Waals surface area contributed by atoms with Crippen LogP contribution in [-0.2, 0) is 14.3 Å². The molecule has 0 amide bonds. The van der Waals surface area contributed by atoms with E-state index >= 15 is 0 Å². The van der Waals surface area contributed by atoms with E-state index in [1.807, 2.05) is 0 Å². The van der Waals surface area contributed by atoms with Crippen LogP contribution >= 0.6 is 0 Å². The van der Waals surface area contributed by atoms with Crippen LogP contribution in [-0.4, -0.2) is 60.7 Å². The third-order valence-electron chi connectivity index (χ3n) is 3.24. The van der Waals surface area contributed by atoms with Crippen molar-refractivity contribution in [2.24, 2.45) is 5.73 Å². The number of carbonyl (C=O) groups is 1. The zero-order valence-electron chi connectivity index (χ0n) is 9.22. The molecule has 0 bridgehead atoms. The molecule has 0 aromatic heterocycles. The minimum atomic E-state index is -1.08. The van der Waals surface area contributed by atoms with Gasteiger partial charge in [0.1, 0.15) is 12.3 Å². The van der Waals surface area contributed by atoms with E-state index in [0.29, 0.717) is 26.4 Å². The summed E-state index contributed by atoms with van der Waals surface area (Å²) < 4.78 is 10.5. The number of nitrogens with zero attached hydrogens (tertiary/aromatic N) is 1. The summed E-state index contributed by atoms with van der Waals surface area (Å²) in [5.74, 6) is -0.914. The maximum atomic E-state index is 11.0. The summed E-state index contributed by atoms with van der Waals surface area (Å²) in [7, 11) is 0. The minimum absolute atomic E-state index is 0.143. The molecule has 2 atom stereocenters. The van der Waals surface area contributed by atoms with E-state index in [-0.39, 0.29) is 6.10 Å². The molecule has 16 heavy (non-hydrogen) atoms. The van der Waals surface area contributed by atoms with Crippen molar-refractivity contribution in [1.29, 1.82) is 0 Å². The maximum Gasteiger partial charge on any atom is 0.325 e. The molecule has 3 N–H and O–H groups in total. The van der Waals surface area contributed by atoms with Crippen molar-refractivity contribution < 1.29 is 19.4 Å². The second kappa shape index (κ2) is 4.67. The summed E-state index contributed by atoms with van der Waals surface area (Å²) >= 11 is 0. The van der Waals surface area contributed by atoms with Gasteiger partial charge in [-0.15, -0.1) is 0 Å². The monoisotopic (exact) mass is 230 g/mol. The van der Waals surface area contributed by atoms with Crippen LogP contribution in [0.4, 0.5) is 0 Å². The lowest BCUT2D eigenvalue weighted by molar-refractivity contribution is -0.146. The van der Waals surface area contributed by atoms with Crippen LogP contribution in [0, 0.1) is 0 Å². The van der Waals surface area contributed by atoms with Crippen LogP contribution < -0.4 is 5.73 Å². The SMILES string of the molecule is NC1(C(=O)O)CCN(CC2CCOCO2)C1. The molecule has 0 aromatic rings. The van der Waals surface area contributed by atoms with Gasteiger partial charge in [0.15, 0.2) is 0 Å². The van der Waals surface area contributed by atoms with E-state index < -0.39 is 11.5 Å². The number of nitrogens with two attached hydrogens (primary N) is 1. The molecule has 0 saturated carbocycles. The molecule has 0 aromatic carbocycles. The van der Waals surface area contributed by atoms with E-state index in [2.05, 4.69) is 4.90 Å². The highest BCUT2D eigenvalue weighted by atomic mass is 16.7. The molecule has 2 rings (SSSR count). The van der Waals surface area contributed by atoms with Crippen LogP contribution in [0.1, 0.15) is 12.8 Å². The fourth-order valence-electron chi connectivity index (χ4n) is 2.18. The molecule has 92 valence electrons. The van der Waals surface area contributed by atoms with Gasteiger partial charge in [0.2, 0.25) is 0 Å². The zero-order valence-corrected chi connectivity index (χ0v) is 9.22. The highest BCUT2D eigenvalue weighted by Crippen LogP contribution is 2.20. The van der Waals surface area contributed by atoms with Crippen LogP contribution in [0.15, 0.2) is 0 Å². The molecule has 0 aliphatic carbocycles. The van der Waals surface area contributed by atoms with Gasteiger partial charge in [-0.1, -0.05) is 0 Å². The number of hydrogen-bond donors (Lipinski definition) is 2. The molecule has 2 saturated heterocycles. The summed E-state index contributed by atoms with van der Waals surface area (Å²) in [4.78, 5) is 13.0. The van der Waals surface area contributed by atoms with E-state index in [9.17, 15) is 4.79 Å². The molecule has 2 aliphatic rings. The number of aliphatic carboxylic acids is 1. The first-order valence-electron chi connectivity index (χ1n) is 5.54. The van der Waals surface area contributed by atoms with Crippen LogP contribution in [0.5, 0.6) is 0 Å². The van der Waals surface area contributed by atoms with Crippen LogP contribution in [0.2, 0.25) is 0 Å². The largest absolute Gasteiger partial charge is 0.480 e. The van der Waals surface area contributed by atoms with Gasteiger partial charge in [-0.25, -0.2) is 0 Å². The van der Waals surface area contributed by atoms with E-state index in [4.69, 9.17) is 20.3 Å². The van der Waals surface area contributed by atoms with Crippen molar-refractivity contribution in [2.45, 2.75) is 24.5 Å². The van der Waals surface area contributed by atoms with Crippen molar-refractivity contribution in [1.82, 2.24) is 4.90 Å². The Morgan fingerprint density at radius 1 is 1.62 bits per heavy atom. The minimum Gasteiger partial charge on any atom is -0.480 e. The van der Waals surface area contributed by atoms with Crippen molar-refractivity contribution in [3.8, 4) is 0 Å². The van der Waals surface area contributed by atoms with Crippen molar-refractivity contribution >= 4 is 5.97 Å². The predicted octanol–water partition coefficient (Wildman–Crippen LogP) is -0.763. The first-order chi connectivity index (χ1) is 7.60. The number of rotatable bonds is 3. The Morgan fingerprint density at radius 3 is 3.00 bits per heavy atom. The highest BCUT2D eigenvalue weighted by Gasteiger charge is 2.41. The Hall–Kier alpha value is -0.690. The lowest BCUT2D eigenvalue weighted by Crippen LogP contribution is -2.50. The van der Waals surface area contributed by atoms with Gasteiger partial charge < -0.3 is 20.3 Å². The number of ether oxygens (including phenoxy) is 2. The number of likely N-dealkylation sites (tertiary alicyclic amines) is 1.